The summed E-state index contributed by atoms with van der Waals surface area (Å²) in [6.45, 7) is 6.35. The summed E-state index contributed by atoms with van der Waals surface area (Å²) in [4.78, 5) is 5.07. The Morgan fingerprint density at radius 1 is 1.38 bits per heavy atom. The van der Waals surface area contributed by atoms with Crippen molar-refractivity contribution in [2.45, 2.75) is 31.2 Å². The molecular weight excluding hydrogens is 182 g/mol. The number of aromatic nitrogens is 1. The van der Waals surface area contributed by atoms with Crippen molar-refractivity contribution in [3.63, 3.8) is 0 Å². The number of nitrogens with one attached hydrogen (secondary N) is 1. The SMILES string of the molecule is CC(C)(C)NSc1ccc(N)nc1. The van der Waals surface area contributed by atoms with Gasteiger partial charge in [-0.2, -0.15) is 0 Å². The summed E-state index contributed by atoms with van der Waals surface area (Å²) in [5.74, 6) is 0.556. The highest BCUT2D eigenvalue weighted by atomic mass is 32.2. The second kappa shape index (κ2) is 3.98. The van der Waals surface area contributed by atoms with Crippen LogP contribution in [0.1, 0.15) is 20.8 Å². The highest BCUT2D eigenvalue weighted by Gasteiger charge is 2.08. The van der Waals surface area contributed by atoms with E-state index in [0.29, 0.717) is 5.82 Å². The van der Waals surface area contributed by atoms with Crippen LogP contribution in [0.4, 0.5) is 5.82 Å². The molecule has 0 amide bonds. The standard InChI is InChI=1S/C9H15N3S/c1-9(2,3)12-13-7-4-5-8(10)11-6-7/h4-6,12H,1-3H3,(H2,10,11). The van der Waals surface area contributed by atoms with E-state index in [1.165, 1.54) is 0 Å². The van der Waals surface area contributed by atoms with Crippen molar-refractivity contribution < 1.29 is 0 Å². The van der Waals surface area contributed by atoms with Crippen LogP contribution >= 0.6 is 11.9 Å². The Balaban J connectivity index is 2.51. The third-order valence-corrected chi connectivity index (χ3v) is 2.43. The van der Waals surface area contributed by atoms with Gasteiger partial charge in [0.2, 0.25) is 0 Å². The molecule has 0 spiro atoms. The van der Waals surface area contributed by atoms with Crippen LogP contribution in [0.25, 0.3) is 0 Å². The number of pyridine rings is 1. The Hall–Kier alpha value is -0.740. The number of anilines is 1. The fourth-order valence-electron chi connectivity index (χ4n) is 0.664. The van der Waals surface area contributed by atoms with E-state index in [-0.39, 0.29) is 5.54 Å². The van der Waals surface area contributed by atoms with Crippen LogP contribution in [0, 0.1) is 0 Å². The van der Waals surface area contributed by atoms with Gasteiger partial charge in [0.15, 0.2) is 0 Å². The summed E-state index contributed by atoms with van der Waals surface area (Å²) in [6.07, 6.45) is 1.76. The van der Waals surface area contributed by atoms with E-state index in [4.69, 9.17) is 5.73 Å². The molecule has 1 heterocycles. The van der Waals surface area contributed by atoms with Crippen molar-refractivity contribution in [1.82, 2.24) is 9.71 Å². The zero-order chi connectivity index (χ0) is 9.90. The lowest BCUT2D eigenvalue weighted by atomic mass is 10.1. The quantitative estimate of drug-likeness (QED) is 0.713. The van der Waals surface area contributed by atoms with Gasteiger partial charge in [-0.05, 0) is 44.9 Å². The molecule has 72 valence electrons. The Kier molecular flexibility index (Phi) is 3.17. The highest BCUT2D eigenvalue weighted by Crippen LogP contribution is 2.17. The van der Waals surface area contributed by atoms with E-state index in [1.54, 1.807) is 24.2 Å². The van der Waals surface area contributed by atoms with Gasteiger partial charge in [0.05, 0.1) is 0 Å². The molecule has 0 aliphatic heterocycles. The van der Waals surface area contributed by atoms with Crippen molar-refractivity contribution in [1.29, 1.82) is 0 Å². The minimum Gasteiger partial charge on any atom is -0.384 e. The van der Waals surface area contributed by atoms with Crippen molar-refractivity contribution >= 4 is 17.8 Å². The molecule has 4 heteroatoms. The van der Waals surface area contributed by atoms with Gasteiger partial charge < -0.3 is 5.73 Å². The largest absolute Gasteiger partial charge is 0.384 e. The summed E-state index contributed by atoms with van der Waals surface area (Å²) in [7, 11) is 0. The maximum Gasteiger partial charge on any atom is 0.123 e. The molecule has 0 bridgehead atoms. The lowest BCUT2D eigenvalue weighted by molar-refractivity contribution is 0.535. The molecule has 0 aromatic carbocycles. The first-order valence-corrected chi connectivity index (χ1v) is 4.94. The average molecular weight is 197 g/mol. The average Bonchev–Trinajstić information content (AvgIpc) is 2.02. The van der Waals surface area contributed by atoms with Crippen molar-refractivity contribution in [2.24, 2.45) is 0 Å². The molecule has 1 aromatic heterocycles. The Morgan fingerprint density at radius 3 is 2.54 bits per heavy atom. The summed E-state index contributed by atoms with van der Waals surface area (Å²) in [6, 6.07) is 3.75. The second-order valence-electron chi connectivity index (χ2n) is 3.87. The Bertz CT molecular complexity index is 263. The number of rotatable bonds is 2. The molecule has 0 atom stereocenters. The zero-order valence-electron chi connectivity index (χ0n) is 8.16. The molecule has 0 radical (unpaired) electrons. The van der Waals surface area contributed by atoms with Crippen LogP contribution in [0.15, 0.2) is 23.2 Å². The van der Waals surface area contributed by atoms with E-state index in [0.717, 1.165) is 4.90 Å². The normalized spacial score (nSPS) is 11.6. The maximum absolute atomic E-state index is 5.47. The fourth-order valence-corrected chi connectivity index (χ4v) is 1.33. The highest BCUT2D eigenvalue weighted by molar-refractivity contribution is 7.97. The number of nitrogen functional groups attached to an aromatic ring is 1. The van der Waals surface area contributed by atoms with Crippen LogP contribution in [-0.2, 0) is 0 Å². The first kappa shape index (κ1) is 10.3. The molecule has 0 aliphatic carbocycles. The molecule has 1 rings (SSSR count). The van der Waals surface area contributed by atoms with Crippen molar-refractivity contribution in [3.8, 4) is 0 Å². The molecule has 0 saturated carbocycles. The molecule has 13 heavy (non-hydrogen) atoms. The van der Waals surface area contributed by atoms with E-state index < -0.39 is 0 Å². The van der Waals surface area contributed by atoms with Crippen LogP contribution in [-0.4, -0.2) is 10.5 Å². The van der Waals surface area contributed by atoms with E-state index >= 15 is 0 Å². The summed E-state index contributed by atoms with van der Waals surface area (Å²) in [5.41, 5.74) is 5.57. The second-order valence-corrected chi connectivity index (χ2v) is 4.75. The molecule has 3 N–H and O–H groups in total. The predicted octanol–water partition coefficient (Wildman–Crippen LogP) is 2.06. The molecule has 0 saturated heterocycles. The summed E-state index contributed by atoms with van der Waals surface area (Å²) < 4.78 is 3.29. The third kappa shape index (κ3) is 4.15. The number of nitrogens with zero attached hydrogens (tertiary/aromatic N) is 1. The molecule has 1 aromatic rings. The van der Waals surface area contributed by atoms with Crippen LogP contribution in [0.2, 0.25) is 0 Å². The van der Waals surface area contributed by atoms with E-state index in [9.17, 15) is 0 Å². The third-order valence-electron chi connectivity index (χ3n) is 1.23. The Labute approximate surface area is 83.3 Å². The first-order chi connectivity index (χ1) is 5.97. The van der Waals surface area contributed by atoms with E-state index in [2.05, 4.69) is 30.5 Å². The molecule has 0 fully saturated rings. The van der Waals surface area contributed by atoms with Gasteiger partial charge in [-0.1, -0.05) is 0 Å². The number of hydrogen-bond donors (Lipinski definition) is 2. The molecule has 3 nitrogen and oxygen atoms in total. The summed E-state index contributed by atoms with van der Waals surface area (Å²) in [5, 5.41) is 0. The maximum atomic E-state index is 5.47. The van der Waals surface area contributed by atoms with Gasteiger partial charge >= 0.3 is 0 Å². The molecular formula is C9H15N3S. The first-order valence-electron chi connectivity index (χ1n) is 4.13. The minimum atomic E-state index is 0.103. The van der Waals surface area contributed by atoms with Gasteiger partial charge in [-0.3, -0.25) is 4.72 Å². The zero-order valence-corrected chi connectivity index (χ0v) is 8.98. The number of nitrogens with two attached hydrogens (primary N) is 1. The van der Waals surface area contributed by atoms with E-state index in [1.807, 2.05) is 6.07 Å². The van der Waals surface area contributed by atoms with Gasteiger partial charge in [-0.15, -0.1) is 0 Å². The fraction of sp³-hybridized carbons (Fsp3) is 0.444. The Morgan fingerprint density at radius 2 is 2.08 bits per heavy atom. The molecule has 0 aliphatic rings. The van der Waals surface area contributed by atoms with Gasteiger partial charge in [0.25, 0.3) is 0 Å². The molecule has 0 unspecified atom stereocenters. The van der Waals surface area contributed by atoms with Gasteiger partial charge in [-0.25, -0.2) is 4.98 Å². The topological polar surface area (TPSA) is 50.9 Å². The lowest BCUT2D eigenvalue weighted by Crippen LogP contribution is -2.29. The lowest BCUT2D eigenvalue weighted by Gasteiger charge is -2.19. The van der Waals surface area contributed by atoms with Gasteiger partial charge in [0, 0.05) is 16.6 Å². The van der Waals surface area contributed by atoms with Crippen molar-refractivity contribution in [3.05, 3.63) is 18.3 Å². The number of hydrogen-bond acceptors (Lipinski definition) is 4. The van der Waals surface area contributed by atoms with Crippen LogP contribution < -0.4 is 10.5 Å². The van der Waals surface area contributed by atoms with Crippen LogP contribution in [0.3, 0.4) is 0 Å². The van der Waals surface area contributed by atoms with Gasteiger partial charge in [0.1, 0.15) is 5.82 Å². The monoisotopic (exact) mass is 197 g/mol. The van der Waals surface area contributed by atoms with Crippen LogP contribution in [0.5, 0.6) is 0 Å². The van der Waals surface area contributed by atoms with Crippen molar-refractivity contribution in [2.75, 3.05) is 5.73 Å². The summed E-state index contributed by atoms with van der Waals surface area (Å²) >= 11 is 1.57. The minimum absolute atomic E-state index is 0.103. The predicted molar refractivity (Wildman–Crippen MR) is 57.4 cm³/mol. The smallest absolute Gasteiger partial charge is 0.123 e.